The zero-order chi connectivity index (χ0) is 15.4. The topological polar surface area (TPSA) is 34.5 Å². The SMILES string of the molecule is [C-]#[N+]C1=CC=C2c3nc(C)c(C)nc3C3C=CC([N+]#[C-])=C1C23. The van der Waals surface area contributed by atoms with E-state index in [1.54, 1.807) is 0 Å². The van der Waals surface area contributed by atoms with Crippen LogP contribution in [0.1, 0.15) is 28.7 Å². The molecule has 0 saturated heterocycles. The fourth-order valence-electron chi connectivity index (χ4n) is 3.47. The molecule has 0 spiro atoms. The van der Waals surface area contributed by atoms with Gasteiger partial charge in [-0.05, 0) is 25.0 Å². The molecule has 4 heteroatoms. The van der Waals surface area contributed by atoms with E-state index in [4.69, 9.17) is 23.1 Å². The van der Waals surface area contributed by atoms with E-state index in [9.17, 15) is 0 Å². The first-order chi connectivity index (χ1) is 10.7. The van der Waals surface area contributed by atoms with Gasteiger partial charge < -0.3 is 0 Å². The maximum absolute atomic E-state index is 7.40. The van der Waals surface area contributed by atoms with Gasteiger partial charge in [0, 0.05) is 11.8 Å². The highest BCUT2D eigenvalue weighted by Gasteiger charge is 2.44. The van der Waals surface area contributed by atoms with Crippen LogP contribution in [0.25, 0.3) is 15.3 Å². The van der Waals surface area contributed by atoms with Crippen molar-refractivity contribution < 1.29 is 0 Å². The lowest BCUT2D eigenvalue weighted by molar-refractivity contribution is 0.690. The molecule has 1 aromatic rings. The molecule has 4 rings (SSSR count). The van der Waals surface area contributed by atoms with Crippen molar-refractivity contribution in [3.8, 4) is 0 Å². The number of hydrogen-bond acceptors (Lipinski definition) is 2. The van der Waals surface area contributed by atoms with Gasteiger partial charge in [0.2, 0.25) is 0 Å². The van der Waals surface area contributed by atoms with Crippen molar-refractivity contribution in [1.82, 2.24) is 9.97 Å². The zero-order valence-corrected chi connectivity index (χ0v) is 12.3. The van der Waals surface area contributed by atoms with Crippen LogP contribution in [-0.2, 0) is 0 Å². The minimum atomic E-state index is 0.0133. The third-order valence-corrected chi connectivity index (χ3v) is 4.60. The highest BCUT2D eigenvalue weighted by molar-refractivity contribution is 5.83. The highest BCUT2D eigenvalue weighted by Crippen LogP contribution is 2.55. The van der Waals surface area contributed by atoms with E-state index in [0.29, 0.717) is 11.4 Å². The third kappa shape index (κ3) is 1.44. The van der Waals surface area contributed by atoms with Gasteiger partial charge in [0.15, 0.2) is 11.4 Å². The average molecular weight is 284 g/mol. The number of allylic oxidation sites excluding steroid dienone is 6. The van der Waals surface area contributed by atoms with Gasteiger partial charge in [0.1, 0.15) is 0 Å². The molecule has 22 heavy (non-hydrogen) atoms. The minimum Gasteiger partial charge on any atom is -0.253 e. The summed E-state index contributed by atoms with van der Waals surface area (Å²) in [6.45, 7) is 18.7. The van der Waals surface area contributed by atoms with Crippen LogP contribution in [0.5, 0.6) is 0 Å². The molecule has 1 heterocycles. The van der Waals surface area contributed by atoms with Crippen LogP contribution in [0.2, 0.25) is 0 Å². The smallest absolute Gasteiger partial charge is 0.181 e. The third-order valence-electron chi connectivity index (χ3n) is 4.60. The molecule has 3 aliphatic rings. The second-order valence-corrected chi connectivity index (χ2v) is 5.69. The Hall–Kier alpha value is -2.98. The summed E-state index contributed by atoms with van der Waals surface area (Å²) in [5, 5.41) is 0. The van der Waals surface area contributed by atoms with E-state index in [1.807, 2.05) is 38.2 Å². The number of aryl methyl sites for hydroxylation is 2. The molecular formula is C18H12N4. The monoisotopic (exact) mass is 284 g/mol. The Labute approximate surface area is 128 Å². The Balaban J connectivity index is 2.04. The van der Waals surface area contributed by atoms with Gasteiger partial charge in [0.25, 0.3) is 0 Å². The van der Waals surface area contributed by atoms with Gasteiger partial charge >= 0.3 is 0 Å². The van der Waals surface area contributed by atoms with Gasteiger partial charge in [-0.15, -0.1) is 0 Å². The van der Waals surface area contributed by atoms with Crippen LogP contribution in [0.15, 0.2) is 41.3 Å². The van der Waals surface area contributed by atoms with E-state index in [2.05, 4.69) is 9.69 Å². The first kappa shape index (κ1) is 12.7. The standard InChI is InChI=1S/C18H12N4/c1-9-10(2)22-18-12-6-8-14(20-4)16-13(19-3)7-5-11(15(12)16)17(18)21-9/h5-8,11,15H,1-2H3. The minimum absolute atomic E-state index is 0.0133. The molecule has 0 bridgehead atoms. The Morgan fingerprint density at radius 2 is 1.82 bits per heavy atom. The second-order valence-electron chi connectivity index (χ2n) is 5.69. The van der Waals surface area contributed by atoms with Crippen LogP contribution in [-0.4, -0.2) is 9.97 Å². The Kier molecular flexibility index (Phi) is 2.46. The molecule has 0 radical (unpaired) electrons. The van der Waals surface area contributed by atoms with Crippen molar-refractivity contribution in [2.24, 2.45) is 5.92 Å². The largest absolute Gasteiger partial charge is 0.253 e. The average Bonchev–Trinajstić information content (AvgIpc) is 2.83. The number of fused-ring (bicyclic) bond motifs is 3. The van der Waals surface area contributed by atoms with E-state index in [0.717, 1.165) is 33.9 Å². The quantitative estimate of drug-likeness (QED) is 0.680. The predicted octanol–water partition coefficient (Wildman–Crippen LogP) is 3.75. The lowest BCUT2D eigenvalue weighted by atomic mass is 9.77. The van der Waals surface area contributed by atoms with E-state index >= 15 is 0 Å². The van der Waals surface area contributed by atoms with Crippen molar-refractivity contribution in [3.05, 3.63) is 86.9 Å². The van der Waals surface area contributed by atoms with E-state index in [-0.39, 0.29) is 11.8 Å². The van der Waals surface area contributed by atoms with Crippen molar-refractivity contribution in [2.75, 3.05) is 0 Å². The first-order valence-corrected chi connectivity index (χ1v) is 7.10. The van der Waals surface area contributed by atoms with Crippen molar-refractivity contribution in [3.63, 3.8) is 0 Å². The molecule has 1 aromatic heterocycles. The summed E-state index contributed by atoms with van der Waals surface area (Å²) in [7, 11) is 0. The molecule has 0 amide bonds. The Morgan fingerprint density at radius 3 is 2.55 bits per heavy atom. The Morgan fingerprint density at radius 1 is 1.05 bits per heavy atom. The lowest BCUT2D eigenvalue weighted by Crippen LogP contribution is -2.16. The summed E-state index contributed by atoms with van der Waals surface area (Å²) in [6, 6.07) is 0. The van der Waals surface area contributed by atoms with E-state index < -0.39 is 0 Å². The molecule has 104 valence electrons. The van der Waals surface area contributed by atoms with Crippen LogP contribution >= 0.6 is 0 Å². The fourth-order valence-corrected chi connectivity index (χ4v) is 3.47. The maximum Gasteiger partial charge on any atom is 0.181 e. The fraction of sp³-hybridized carbons (Fsp3) is 0.222. The molecule has 3 aliphatic carbocycles. The summed E-state index contributed by atoms with van der Waals surface area (Å²) in [5.41, 5.74) is 6.81. The number of aromatic nitrogens is 2. The van der Waals surface area contributed by atoms with Crippen molar-refractivity contribution >= 4 is 5.57 Å². The summed E-state index contributed by atoms with van der Waals surface area (Å²) in [5.74, 6) is 0.0957. The normalized spacial score (nSPS) is 24.0. The summed E-state index contributed by atoms with van der Waals surface area (Å²) in [6.07, 6.45) is 7.65. The number of rotatable bonds is 0. The van der Waals surface area contributed by atoms with Crippen LogP contribution in [0.4, 0.5) is 0 Å². The molecule has 0 fully saturated rings. The number of hydrogen-bond donors (Lipinski definition) is 0. The molecule has 0 N–H and O–H groups in total. The Bertz CT molecular complexity index is 929. The number of nitrogens with zero attached hydrogens (tertiary/aromatic N) is 4. The van der Waals surface area contributed by atoms with E-state index in [1.165, 1.54) is 0 Å². The zero-order valence-electron chi connectivity index (χ0n) is 12.3. The molecule has 2 unspecified atom stereocenters. The van der Waals surface area contributed by atoms with Gasteiger partial charge in [-0.25, -0.2) is 14.7 Å². The molecular weight excluding hydrogens is 272 g/mol. The highest BCUT2D eigenvalue weighted by atomic mass is 14.9. The van der Waals surface area contributed by atoms with Crippen LogP contribution in [0, 0.1) is 32.9 Å². The first-order valence-electron chi connectivity index (χ1n) is 7.10. The lowest BCUT2D eigenvalue weighted by Gasteiger charge is -2.28. The van der Waals surface area contributed by atoms with Crippen LogP contribution < -0.4 is 0 Å². The van der Waals surface area contributed by atoms with Crippen molar-refractivity contribution in [2.45, 2.75) is 19.8 Å². The molecule has 0 aliphatic heterocycles. The van der Waals surface area contributed by atoms with Gasteiger partial charge in [-0.1, -0.05) is 24.3 Å². The summed E-state index contributed by atoms with van der Waals surface area (Å²) in [4.78, 5) is 16.7. The van der Waals surface area contributed by atoms with Crippen molar-refractivity contribution in [1.29, 1.82) is 0 Å². The van der Waals surface area contributed by atoms with Crippen LogP contribution in [0.3, 0.4) is 0 Å². The summed E-state index contributed by atoms with van der Waals surface area (Å²) >= 11 is 0. The predicted molar refractivity (Wildman–Crippen MR) is 83.2 cm³/mol. The van der Waals surface area contributed by atoms with Gasteiger partial charge in [-0.2, -0.15) is 0 Å². The van der Waals surface area contributed by atoms with Gasteiger partial charge in [0.05, 0.1) is 35.9 Å². The second kappa shape index (κ2) is 4.26. The summed E-state index contributed by atoms with van der Waals surface area (Å²) < 4.78 is 0. The molecule has 0 aromatic carbocycles. The molecule has 0 saturated carbocycles. The maximum atomic E-state index is 7.40. The van der Waals surface area contributed by atoms with Gasteiger partial charge in [-0.3, -0.25) is 4.98 Å². The molecule has 2 atom stereocenters. The molecule has 4 nitrogen and oxygen atoms in total.